The summed E-state index contributed by atoms with van der Waals surface area (Å²) in [6, 6.07) is 0. The molecule has 0 amide bonds. The fourth-order valence-electron chi connectivity index (χ4n) is 6.80. The second kappa shape index (κ2) is 1.83. The Balaban J connectivity index is 1.77. The molecular weight excluding hydrogens is 214 g/mol. The smallest absolute Gasteiger partial charge is 0.312 e. The molecule has 0 radical (unpaired) electrons. The van der Waals surface area contributed by atoms with Gasteiger partial charge in [0.2, 0.25) is 0 Å². The Hall–Kier alpha value is -0.670. The van der Waals surface area contributed by atoms with E-state index in [4.69, 9.17) is 4.74 Å². The van der Waals surface area contributed by atoms with Gasteiger partial charge in [-0.15, -0.1) is 0 Å². The van der Waals surface area contributed by atoms with Crippen LogP contribution in [-0.4, -0.2) is 19.0 Å². The lowest BCUT2D eigenvalue weighted by atomic mass is 9.34. The van der Waals surface area contributed by atoms with Crippen molar-refractivity contribution in [2.75, 3.05) is 7.11 Å². The number of ether oxygens (including phenoxy) is 1. The zero-order valence-corrected chi connectivity index (χ0v) is 8.82. The van der Waals surface area contributed by atoms with Crippen molar-refractivity contribution in [3.05, 3.63) is 0 Å². The summed E-state index contributed by atoms with van der Waals surface area (Å²) in [6.07, 6.45) is 0.859. The molecule has 8 atom stereocenters. The van der Waals surface area contributed by atoms with Gasteiger partial charge in [-0.05, 0) is 36.0 Å². The molecule has 6 aliphatic rings. The van der Waals surface area contributed by atoms with Gasteiger partial charge in [-0.3, -0.25) is 4.79 Å². The highest BCUT2D eigenvalue weighted by Gasteiger charge is 3.00. The van der Waals surface area contributed by atoms with Crippen molar-refractivity contribution in [2.24, 2.45) is 46.8 Å². The molecule has 0 aliphatic heterocycles. The second-order valence-electron chi connectivity index (χ2n) is 6.29. The minimum absolute atomic E-state index is 0.0336. The predicted octanol–water partition coefficient (Wildman–Crippen LogP) is 1.55. The molecule has 4 heteroatoms. The molecule has 2 nitrogen and oxygen atoms in total. The van der Waals surface area contributed by atoms with E-state index in [9.17, 15) is 13.6 Å². The third-order valence-electron chi connectivity index (χ3n) is 6.65. The van der Waals surface area contributed by atoms with Crippen molar-refractivity contribution in [1.82, 2.24) is 0 Å². The molecular formula is C12H12F2O2. The fraction of sp³-hybridized carbons (Fsp3) is 0.917. The van der Waals surface area contributed by atoms with Crippen LogP contribution >= 0.6 is 0 Å². The van der Waals surface area contributed by atoms with Crippen LogP contribution in [0.2, 0.25) is 0 Å². The summed E-state index contributed by atoms with van der Waals surface area (Å²) < 4.78 is 33.2. The number of methoxy groups -OCH3 is 1. The predicted molar refractivity (Wildman–Crippen MR) is 48.4 cm³/mol. The summed E-state index contributed by atoms with van der Waals surface area (Å²) in [7, 11) is 1.34. The normalized spacial score (nSPS) is 69.1. The van der Waals surface area contributed by atoms with Gasteiger partial charge in [-0.25, -0.2) is 8.78 Å². The average molecular weight is 226 g/mol. The number of carbonyl (C=O) groups excluding carboxylic acids is 1. The Morgan fingerprint density at radius 3 is 2.75 bits per heavy atom. The Labute approximate surface area is 91.3 Å². The van der Waals surface area contributed by atoms with Gasteiger partial charge in [0, 0.05) is 11.8 Å². The number of esters is 1. The molecule has 0 aromatic carbocycles. The van der Waals surface area contributed by atoms with Gasteiger partial charge < -0.3 is 4.74 Å². The fourth-order valence-corrected chi connectivity index (χ4v) is 6.80. The molecule has 4 bridgehead atoms. The number of alkyl halides is 2. The molecule has 6 rings (SSSR count). The van der Waals surface area contributed by atoms with Crippen molar-refractivity contribution in [2.45, 2.75) is 12.3 Å². The van der Waals surface area contributed by atoms with Crippen molar-refractivity contribution >= 4 is 5.97 Å². The maximum Gasteiger partial charge on any atom is 0.312 e. The monoisotopic (exact) mass is 226 g/mol. The van der Waals surface area contributed by atoms with Gasteiger partial charge in [0.1, 0.15) is 0 Å². The highest BCUT2D eigenvalue weighted by Crippen LogP contribution is 2.96. The van der Waals surface area contributed by atoms with Crippen LogP contribution in [0, 0.1) is 46.8 Å². The van der Waals surface area contributed by atoms with Crippen molar-refractivity contribution in [3.8, 4) is 0 Å². The van der Waals surface area contributed by atoms with E-state index in [1.807, 2.05) is 0 Å². The van der Waals surface area contributed by atoms with E-state index < -0.39 is 23.2 Å². The second-order valence-corrected chi connectivity index (χ2v) is 6.29. The number of carbonyl (C=O) groups is 1. The standard InChI is InChI=1S/C12H12F2O2/c1-16-10(15)11-4-2-3-5-6(4)7(11)8(5)12(13,14)9(3)11/h3-9H,2H2,1H3/t3-,4+,5-,6+,7+,8+,9+,11-/m1/s1. The van der Waals surface area contributed by atoms with Crippen LogP contribution in [-0.2, 0) is 9.53 Å². The van der Waals surface area contributed by atoms with Crippen molar-refractivity contribution < 1.29 is 18.3 Å². The first-order valence-electron chi connectivity index (χ1n) is 6.04. The first-order valence-corrected chi connectivity index (χ1v) is 6.04. The lowest BCUT2D eigenvalue weighted by Crippen LogP contribution is -2.70. The van der Waals surface area contributed by atoms with Gasteiger partial charge in [0.15, 0.2) is 0 Å². The topological polar surface area (TPSA) is 26.3 Å². The SMILES string of the molecule is COC(=O)[C@@]12[C@H]3[C@@H]4[C@H]5[C@@H](C[C@@H]41)[C@@H]2C(F)(F)[C@@H]53. The van der Waals surface area contributed by atoms with Crippen LogP contribution in [0.3, 0.4) is 0 Å². The van der Waals surface area contributed by atoms with E-state index in [0.29, 0.717) is 5.92 Å². The molecule has 0 N–H and O–H groups in total. The van der Waals surface area contributed by atoms with Gasteiger partial charge >= 0.3 is 5.97 Å². The minimum atomic E-state index is -2.59. The summed E-state index contributed by atoms with van der Waals surface area (Å²) in [5, 5.41) is 0. The van der Waals surface area contributed by atoms with E-state index in [0.717, 1.165) is 6.42 Å². The molecule has 0 heterocycles. The molecule has 6 fully saturated rings. The van der Waals surface area contributed by atoms with Crippen molar-refractivity contribution in [3.63, 3.8) is 0 Å². The van der Waals surface area contributed by atoms with E-state index in [2.05, 4.69) is 0 Å². The molecule has 6 aliphatic carbocycles. The number of hydrogen-bond donors (Lipinski definition) is 0. The zero-order chi connectivity index (χ0) is 11.0. The maximum atomic E-state index is 14.2. The summed E-state index contributed by atoms with van der Waals surface area (Å²) in [4.78, 5) is 12.0. The average Bonchev–Trinajstić information content (AvgIpc) is 2.66. The molecule has 0 saturated heterocycles. The number of rotatable bonds is 1. The number of hydrogen-bond acceptors (Lipinski definition) is 2. The minimum Gasteiger partial charge on any atom is -0.469 e. The maximum absolute atomic E-state index is 14.2. The summed E-state index contributed by atoms with van der Waals surface area (Å²) >= 11 is 0. The largest absolute Gasteiger partial charge is 0.469 e. The van der Waals surface area contributed by atoms with E-state index in [-0.39, 0.29) is 29.6 Å². The van der Waals surface area contributed by atoms with Crippen LogP contribution < -0.4 is 0 Å². The zero-order valence-electron chi connectivity index (χ0n) is 8.82. The number of halogens is 2. The van der Waals surface area contributed by atoms with Gasteiger partial charge in [-0.1, -0.05) is 0 Å². The van der Waals surface area contributed by atoms with Gasteiger partial charge in [0.05, 0.1) is 12.5 Å². The third kappa shape index (κ3) is 0.422. The molecule has 86 valence electrons. The van der Waals surface area contributed by atoms with E-state index in [1.165, 1.54) is 7.11 Å². The van der Waals surface area contributed by atoms with Crippen molar-refractivity contribution in [1.29, 1.82) is 0 Å². The lowest BCUT2D eigenvalue weighted by molar-refractivity contribution is -0.248. The third-order valence-corrected chi connectivity index (χ3v) is 6.65. The highest BCUT2D eigenvalue weighted by atomic mass is 19.3. The summed E-state index contributed by atoms with van der Waals surface area (Å²) in [5.74, 6) is -3.07. The quantitative estimate of drug-likeness (QED) is 0.634. The van der Waals surface area contributed by atoms with E-state index in [1.54, 1.807) is 0 Å². The molecule has 6 saturated carbocycles. The Morgan fingerprint density at radius 1 is 1.31 bits per heavy atom. The Bertz CT molecular complexity index is 448. The first kappa shape index (κ1) is 8.43. The van der Waals surface area contributed by atoms with Gasteiger partial charge in [-0.2, -0.15) is 0 Å². The molecule has 0 unspecified atom stereocenters. The van der Waals surface area contributed by atoms with Crippen LogP contribution in [0.25, 0.3) is 0 Å². The molecule has 0 aromatic heterocycles. The molecule has 0 spiro atoms. The lowest BCUT2D eigenvalue weighted by Gasteiger charge is -2.67. The summed E-state index contributed by atoms with van der Waals surface area (Å²) in [5.41, 5.74) is -0.757. The first-order chi connectivity index (χ1) is 7.57. The van der Waals surface area contributed by atoms with Crippen LogP contribution in [0.5, 0.6) is 0 Å². The molecule has 0 aromatic rings. The Morgan fingerprint density at radius 2 is 2.06 bits per heavy atom. The summed E-state index contributed by atoms with van der Waals surface area (Å²) in [6.45, 7) is 0. The van der Waals surface area contributed by atoms with Crippen LogP contribution in [0.15, 0.2) is 0 Å². The van der Waals surface area contributed by atoms with Gasteiger partial charge in [0.25, 0.3) is 5.92 Å². The Kier molecular flexibility index (Phi) is 0.962. The molecule has 16 heavy (non-hydrogen) atoms. The highest BCUT2D eigenvalue weighted by molar-refractivity contribution is 5.83. The van der Waals surface area contributed by atoms with Crippen LogP contribution in [0.1, 0.15) is 6.42 Å². The van der Waals surface area contributed by atoms with Crippen LogP contribution in [0.4, 0.5) is 8.78 Å². The van der Waals surface area contributed by atoms with E-state index >= 15 is 0 Å².